The first-order valence-electron chi connectivity index (χ1n) is 10.1. The Morgan fingerprint density at radius 3 is 2.76 bits per heavy atom. The summed E-state index contributed by atoms with van der Waals surface area (Å²) in [6.07, 6.45) is 8.12. The molecule has 1 spiro atoms. The number of hydrogen-bond donors (Lipinski definition) is 0. The lowest BCUT2D eigenvalue weighted by Crippen LogP contribution is -2.49. The second kappa shape index (κ2) is 8.87. The van der Waals surface area contributed by atoms with Gasteiger partial charge in [-0.25, -0.2) is 8.42 Å². The Hall–Kier alpha value is -1.87. The van der Waals surface area contributed by atoms with E-state index in [-0.39, 0.29) is 10.5 Å². The lowest BCUT2D eigenvalue weighted by molar-refractivity contribution is -0.0619. The Morgan fingerprint density at radius 2 is 2.03 bits per heavy atom. The van der Waals surface area contributed by atoms with Crippen LogP contribution in [-0.2, 0) is 26.1 Å². The van der Waals surface area contributed by atoms with Gasteiger partial charge in [0.05, 0.1) is 17.9 Å². The predicted molar refractivity (Wildman–Crippen MR) is 108 cm³/mol. The molecule has 0 unspecified atom stereocenters. The zero-order chi connectivity index (χ0) is 20.2. The van der Waals surface area contributed by atoms with Gasteiger partial charge in [-0.2, -0.15) is 4.31 Å². The fourth-order valence-electron chi connectivity index (χ4n) is 4.38. The van der Waals surface area contributed by atoms with E-state index in [1.54, 1.807) is 28.8 Å². The molecule has 156 valence electrons. The fraction of sp³-hybridized carbons (Fsp3) is 0.524. The number of nitrogens with zero attached hydrogens (tertiary/aromatic N) is 3. The molecule has 4 rings (SSSR count). The predicted octanol–water partition coefficient (Wildman–Crippen LogP) is 2.64. The Bertz CT molecular complexity index is 885. The van der Waals surface area contributed by atoms with Gasteiger partial charge >= 0.3 is 0 Å². The Balaban J connectivity index is 1.31. The van der Waals surface area contributed by atoms with Gasteiger partial charge in [0.25, 0.3) is 0 Å². The molecule has 2 fully saturated rings. The minimum atomic E-state index is -3.49. The van der Waals surface area contributed by atoms with Crippen molar-refractivity contribution < 1.29 is 17.9 Å². The first-order valence-corrected chi connectivity index (χ1v) is 11.6. The second-order valence-corrected chi connectivity index (χ2v) is 9.59. The van der Waals surface area contributed by atoms with E-state index in [4.69, 9.17) is 9.47 Å². The van der Waals surface area contributed by atoms with Gasteiger partial charge in [0.1, 0.15) is 4.90 Å². The molecular weight excluding hydrogens is 390 g/mol. The molecule has 4 heterocycles. The van der Waals surface area contributed by atoms with E-state index in [0.717, 1.165) is 38.0 Å². The first-order chi connectivity index (χ1) is 14.1. The van der Waals surface area contributed by atoms with Crippen molar-refractivity contribution in [3.05, 3.63) is 54.6 Å². The summed E-state index contributed by atoms with van der Waals surface area (Å²) < 4.78 is 39.2. The fourth-order valence-corrected chi connectivity index (χ4v) is 5.79. The number of ether oxygens (including phenoxy) is 2. The first kappa shape index (κ1) is 20.4. The highest BCUT2D eigenvalue weighted by molar-refractivity contribution is 7.89. The molecule has 29 heavy (non-hydrogen) atoms. The highest BCUT2D eigenvalue weighted by atomic mass is 32.2. The van der Waals surface area contributed by atoms with E-state index in [2.05, 4.69) is 9.97 Å². The number of pyridine rings is 2. The zero-order valence-corrected chi connectivity index (χ0v) is 17.3. The molecule has 2 aliphatic rings. The minimum absolute atomic E-state index is 0.227. The van der Waals surface area contributed by atoms with Crippen LogP contribution in [0, 0.1) is 5.92 Å². The molecule has 7 nitrogen and oxygen atoms in total. The van der Waals surface area contributed by atoms with Gasteiger partial charge in [0.2, 0.25) is 10.0 Å². The summed E-state index contributed by atoms with van der Waals surface area (Å²) in [5.74, 6) is 0.398. The number of aromatic nitrogens is 2. The van der Waals surface area contributed by atoms with E-state index in [1.165, 1.54) is 6.20 Å². The Labute approximate surface area is 172 Å². The normalized spacial score (nSPS) is 22.1. The highest BCUT2D eigenvalue weighted by Gasteiger charge is 2.47. The average molecular weight is 418 g/mol. The van der Waals surface area contributed by atoms with Crippen molar-refractivity contribution in [3.8, 4) is 0 Å². The van der Waals surface area contributed by atoms with E-state index in [1.807, 2.05) is 18.2 Å². The summed E-state index contributed by atoms with van der Waals surface area (Å²) >= 11 is 0. The van der Waals surface area contributed by atoms with Gasteiger partial charge in [-0.1, -0.05) is 6.07 Å². The van der Waals surface area contributed by atoms with E-state index in [0.29, 0.717) is 32.2 Å². The SMILES string of the molecule is O=S(=O)(c1cccnc1)N1CCC2(CC1)OCC[C@@H]2CCOCc1ccccn1. The van der Waals surface area contributed by atoms with Crippen molar-refractivity contribution in [2.45, 2.75) is 42.8 Å². The molecular formula is C21H27N3O4S. The zero-order valence-electron chi connectivity index (χ0n) is 16.4. The van der Waals surface area contributed by atoms with Crippen LogP contribution in [0.5, 0.6) is 0 Å². The quantitative estimate of drug-likeness (QED) is 0.644. The highest BCUT2D eigenvalue weighted by Crippen LogP contribution is 2.43. The van der Waals surface area contributed by atoms with Gasteiger partial charge < -0.3 is 9.47 Å². The average Bonchev–Trinajstić information content (AvgIpc) is 3.14. The van der Waals surface area contributed by atoms with Crippen LogP contribution < -0.4 is 0 Å². The third-order valence-electron chi connectivity index (χ3n) is 6.03. The molecule has 8 heteroatoms. The van der Waals surface area contributed by atoms with Crippen molar-refractivity contribution in [1.82, 2.24) is 14.3 Å². The second-order valence-electron chi connectivity index (χ2n) is 7.65. The third-order valence-corrected chi connectivity index (χ3v) is 7.91. The summed E-state index contributed by atoms with van der Waals surface area (Å²) in [5, 5.41) is 0. The Kier molecular flexibility index (Phi) is 6.24. The maximum atomic E-state index is 12.8. The smallest absolute Gasteiger partial charge is 0.244 e. The molecule has 0 aliphatic carbocycles. The maximum absolute atomic E-state index is 12.8. The number of piperidine rings is 1. The lowest BCUT2D eigenvalue weighted by atomic mass is 9.78. The van der Waals surface area contributed by atoms with Gasteiger partial charge in [-0.15, -0.1) is 0 Å². The van der Waals surface area contributed by atoms with Gasteiger partial charge in [-0.05, 0) is 55.9 Å². The van der Waals surface area contributed by atoms with Crippen LogP contribution >= 0.6 is 0 Å². The van der Waals surface area contributed by atoms with Crippen molar-refractivity contribution in [3.63, 3.8) is 0 Å². The minimum Gasteiger partial charge on any atom is -0.375 e. The van der Waals surface area contributed by atoms with Crippen molar-refractivity contribution in [2.24, 2.45) is 5.92 Å². The lowest BCUT2D eigenvalue weighted by Gasteiger charge is -2.41. The van der Waals surface area contributed by atoms with Crippen LogP contribution in [0.2, 0.25) is 0 Å². The summed E-state index contributed by atoms with van der Waals surface area (Å²) in [4.78, 5) is 8.47. The molecule has 2 aromatic heterocycles. The monoisotopic (exact) mass is 417 g/mol. The van der Waals surface area contributed by atoms with Crippen LogP contribution in [0.4, 0.5) is 0 Å². The van der Waals surface area contributed by atoms with Crippen molar-refractivity contribution >= 4 is 10.0 Å². The largest absolute Gasteiger partial charge is 0.375 e. The molecule has 2 saturated heterocycles. The number of rotatable bonds is 7. The van der Waals surface area contributed by atoms with E-state index < -0.39 is 10.0 Å². The van der Waals surface area contributed by atoms with Crippen LogP contribution in [0.3, 0.4) is 0 Å². The molecule has 2 aliphatic heterocycles. The van der Waals surface area contributed by atoms with Gasteiger partial charge in [-0.3, -0.25) is 9.97 Å². The van der Waals surface area contributed by atoms with Gasteiger partial charge in [0, 0.05) is 44.9 Å². The van der Waals surface area contributed by atoms with E-state index >= 15 is 0 Å². The van der Waals surface area contributed by atoms with E-state index in [9.17, 15) is 8.42 Å². The van der Waals surface area contributed by atoms with Crippen molar-refractivity contribution in [1.29, 1.82) is 0 Å². The summed E-state index contributed by atoms with van der Waals surface area (Å²) in [6.45, 7) is 2.86. The van der Waals surface area contributed by atoms with Gasteiger partial charge in [0.15, 0.2) is 0 Å². The van der Waals surface area contributed by atoms with Crippen LogP contribution in [-0.4, -0.2) is 54.6 Å². The molecule has 0 saturated carbocycles. The molecule has 0 radical (unpaired) electrons. The molecule has 0 N–H and O–H groups in total. The third kappa shape index (κ3) is 4.50. The standard InChI is InChI=1S/C21H27N3O4S/c25-29(26,20-5-3-10-22-16-20)24-12-8-21(9-13-24)18(7-15-28-21)6-14-27-17-19-4-1-2-11-23-19/h1-5,10-11,16,18H,6-9,12-15,17H2/t18-/m0/s1. The number of sulfonamides is 1. The molecule has 2 aromatic rings. The summed E-state index contributed by atoms with van der Waals surface area (Å²) in [7, 11) is -3.49. The van der Waals surface area contributed by atoms with Crippen LogP contribution in [0.25, 0.3) is 0 Å². The topological polar surface area (TPSA) is 81.6 Å². The molecule has 0 bridgehead atoms. The maximum Gasteiger partial charge on any atom is 0.244 e. The summed E-state index contributed by atoms with van der Waals surface area (Å²) in [6, 6.07) is 9.06. The molecule has 0 aromatic carbocycles. The Morgan fingerprint density at radius 1 is 1.17 bits per heavy atom. The molecule has 0 amide bonds. The van der Waals surface area contributed by atoms with Crippen molar-refractivity contribution in [2.75, 3.05) is 26.3 Å². The number of hydrogen-bond acceptors (Lipinski definition) is 6. The van der Waals surface area contributed by atoms with Crippen LogP contribution in [0.15, 0.2) is 53.8 Å². The molecule has 1 atom stereocenters. The van der Waals surface area contributed by atoms with Crippen LogP contribution in [0.1, 0.15) is 31.4 Å². The summed E-state index contributed by atoms with van der Waals surface area (Å²) in [5.41, 5.74) is 0.703.